The lowest BCUT2D eigenvalue weighted by Crippen LogP contribution is -2.05. The Hall–Kier alpha value is -2.17. The van der Waals surface area contributed by atoms with Gasteiger partial charge >= 0.3 is 0 Å². The molecule has 0 aliphatic carbocycles. The third kappa shape index (κ3) is 3.40. The predicted octanol–water partition coefficient (Wildman–Crippen LogP) is 2.35. The Balaban J connectivity index is 1.84. The number of nitrogens with two attached hydrogens (primary N) is 1. The topological polar surface area (TPSA) is 76.0 Å². The zero-order chi connectivity index (χ0) is 13.7. The normalized spacial score (nSPS) is 10.4. The van der Waals surface area contributed by atoms with Crippen LogP contribution < -0.4 is 15.8 Å². The highest BCUT2D eigenvalue weighted by molar-refractivity contribution is 5.68. The summed E-state index contributed by atoms with van der Waals surface area (Å²) in [5, 5.41) is 10.3. The van der Waals surface area contributed by atoms with Crippen LogP contribution in [0.4, 0.5) is 11.4 Å². The van der Waals surface area contributed by atoms with Crippen LogP contribution in [0.1, 0.15) is 17.7 Å². The Bertz CT molecular complexity index is 536. The predicted molar refractivity (Wildman–Crippen MR) is 77.5 cm³/mol. The Morgan fingerprint density at radius 3 is 2.95 bits per heavy atom. The van der Waals surface area contributed by atoms with Crippen molar-refractivity contribution in [1.29, 1.82) is 0 Å². The Labute approximate surface area is 113 Å². The van der Waals surface area contributed by atoms with Crippen molar-refractivity contribution >= 4 is 11.4 Å². The second-order valence-corrected chi connectivity index (χ2v) is 4.50. The molecule has 1 aromatic heterocycles. The zero-order valence-corrected chi connectivity index (χ0v) is 11.4. The van der Waals surface area contributed by atoms with Gasteiger partial charge in [-0.25, -0.2) is 0 Å². The summed E-state index contributed by atoms with van der Waals surface area (Å²) in [6.07, 6.45) is 3.91. The number of benzene rings is 1. The summed E-state index contributed by atoms with van der Waals surface area (Å²) in [6.45, 7) is 2.90. The fourth-order valence-corrected chi connectivity index (χ4v) is 1.95. The van der Waals surface area contributed by atoms with Gasteiger partial charge in [0.1, 0.15) is 5.75 Å². The van der Waals surface area contributed by atoms with E-state index in [1.165, 1.54) is 5.56 Å². The fraction of sp³-hybridized carbons (Fsp3) is 0.357. The number of methoxy groups -OCH3 is 1. The van der Waals surface area contributed by atoms with E-state index in [9.17, 15) is 0 Å². The van der Waals surface area contributed by atoms with Crippen molar-refractivity contribution in [1.82, 2.24) is 10.2 Å². The number of hydrogen-bond donors (Lipinski definition) is 3. The Morgan fingerprint density at radius 1 is 1.42 bits per heavy atom. The molecule has 102 valence electrons. The summed E-state index contributed by atoms with van der Waals surface area (Å²) in [5.74, 6) is 0.808. The lowest BCUT2D eigenvalue weighted by atomic mass is 10.1. The molecule has 0 spiro atoms. The highest BCUT2D eigenvalue weighted by Gasteiger charge is 2.02. The van der Waals surface area contributed by atoms with E-state index in [1.54, 1.807) is 7.11 Å². The Morgan fingerprint density at radius 2 is 2.26 bits per heavy atom. The second kappa shape index (κ2) is 6.13. The number of hydrogen-bond acceptors (Lipinski definition) is 4. The van der Waals surface area contributed by atoms with Crippen molar-refractivity contribution in [3.05, 3.63) is 35.7 Å². The van der Waals surface area contributed by atoms with E-state index >= 15 is 0 Å². The van der Waals surface area contributed by atoms with E-state index in [2.05, 4.69) is 15.5 Å². The largest absolute Gasteiger partial charge is 0.497 e. The summed E-state index contributed by atoms with van der Waals surface area (Å²) >= 11 is 0. The molecule has 0 saturated carbocycles. The molecule has 0 amide bonds. The average molecular weight is 260 g/mol. The quantitative estimate of drug-likeness (QED) is 0.550. The number of nitrogens with one attached hydrogen (secondary N) is 2. The number of rotatable bonds is 6. The van der Waals surface area contributed by atoms with Crippen molar-refractivity contribution < 1.29 is 4.74 Å². The van der Waals surface area contributed by atoms with E-state index in [-0.39, 0.29) is 0 Å². The maximum atomic E-state index is 5.91. The van der Waals surface area contributed by atoms with E-state index in [0.717, 1.165) is 42.2 Å². The maximum Gasteiger partial charge on any atom is 0.121 e. The molecule has 1 heterocycles. The zero-order valence-electron chi connectivity index (χ0n) is 11.4. The minimum absolute atomic E-state index is 0.736. The highest BCUT2D eigenvalue weighted by atomic mass is 16.5. The van der Waals surface area contributed by atoms with Crippen molar-refractivity contribution in [2.75, 3.05) is 24.7 Å². The van der Waals surface area contributed by atoms with Crippen LogP contribution in [0.2, 0.25) is 0 Å². The van der Waals surface area contributed by atoms with Crippen LogP contribution in [0.3, 0.4) is 0 Å². The first-order valence-corrected chi connectivity index (χ1v) is 6.37. The maximum absolute atomic E-state index is 5.91. The molecule has 5 heteroatoms. The Kier molecular flexibility index (Phi) is 4.28. The van der Waals surface area contributed by atoms with Gasteiger partial charge in [-0.15, -0.1) is 0 Å². The van der Waals surface area contributed by atoms with Gasteiger partial charge in [-0.05, 0) is 37.5 Å². The lowest BCUT2D eigenvalue weighted by molar-refractivity contribution is 0.415. The number of H-pyrrole nitrogens is 1. The molecular weight excluding hydrogens is 240 g/mol. The van der Waals surface area contributed by atoms with E-state index < -0.39 is 0 Å². The van der Waals surface area contributed by atoms with Gasteiger partial charge in [0.15, 0.2) is 0 Å². The van der Waals surface area contributed by atoms with Gasteiger partial charge in [0, 0.05) is 18.3 Å². The third-order valence-corrected chi connectivity index (χ3v) is 3.13. The molecule has 0 unspecified atom stereocenters. The van der Waals surface area contributed by atoms with Crippen LogP contribution in [0, 0.1) is 6.92 Å². The molecule has 2 rings (SSSR count). The van der Waals surface area contributed by atoms with Gasteiger partial charge in [0.25, 0.3) is 0 Å². The number of aromatic nitrogens is 2. The monoisotopic (exact) mass is 260 g/mol. The van der Waals surface area contributed by atoms with E-state index in [4.69, 9.17) is 10.5 Å². The summed E-state index contributed by atoms with van der Waals surface area (Å²) in [7, 11) is 1.65. The van der Waals surface area contributed by atoms with Crippen LogP contribution in [-0.4, -0.2) is 23.9 Å². The standard InChI is InChI=1S/C14H20N4O/c1-10-11(9-17-18-10)4-3-7-16-14-8-12(19-2)5-6-13(14)15/h5-6,8-9,16H,3-4,7,15H2,1-2H3,(H,17,18). The van der Waals surface area contributed by atoms with Gasteiger partial charge in [-0.3, -0.25) is 5.10 Å². The first-order chi connectivity index (χ1) is 9.20. The highest BCUT2D eigenvalue weighted by Crippen LogP contribution is 2.24. The summed E-state index contributed by atoms with van der Waals surface area (Å²) in [5.41, 5.74) is 9.97. The van der Waals surface area contributed by atoms with Crippen LogP contribution in [-0.2, 0) is 6.42 Å². The first kappa shape index (κ1) is 13.3. The van der Waals surface area contributed by atoms with Crippen LogP contribution in [0.5, 0.6) is 5.75 Å². The molecule has 0 aliphatic rings. The molecule has 2 aromatic rings. The molecule has 0 saturated heterocycles. The first-order valence-electron chi connectivity index (χ1n) is 6.37. The molecular formula is C14H20N4O. The van der Waals surface area contributed by atoms with E-state index in [0.29, 0.717) is 0 Å². The minimum Gasteiger partial charge on any atom is -0.497 e. The molecule has 4 N–H and O–H groups in total. The average Bonchev–Trinajstić information content (AvgIpc) is 2.82. The van der Waals surface area contributed by atoms with Gasteiger partial charge in [0.05, 0.1) is 24.7 Å². The molecule has 0 aliphatic heterocycles. The summed E-state index contributed by atoms with van der Waals surface area (Å²) in [4.78, 5) is 0. The summed E-state index contributed by atoms with van der Waals surface area (Å²) in [6, 6.07) is 5.62. The van der Waals surface area contributed by atoms with E-state index in [1.807, 2.05) is 31.3 Å². The second-order valence-electron chi connectivity index (χ2n) is 4.50. The summed E-state index contributed by atoms with van der Waals surface area (Å²) < 4.78 is 5.18. The fourth-order valence-electron chi connectivity index (χ4n) is 1.95. The minimum atomic E-state index is 0.736. The van der Waals surface area contributed by atoms with Crippen molar-refractivity contribution in [2.24, 2.45) is 0 Å². The number of aryl methyl sites for hydroxylation is 2. The van der Waals surface area contributed by atoms with Crippen LogP contribution in [0.25, 0.3) is 0 Å². The number of ether oxygens (including phenoxy) is 1. The SMILES string of the molecule is COc1ccc(N)c(NCCCc2cn[nH]c2C)c1. The number of aromatic amines is 1. The molecule has 0 bridgehead atoms. The molecule has 5 nitrogen and oxygen atoms in total. The van der Waals surface area contributed by atoms with Crippen molar-refractivity contribution in [3.63, 3.8) is 0 Å². The smallest absolute Gasteiger partial charge is 0.121 e. The third-order valence-electron chi connectivity index (χ3n) is 3.13. The van der Waals surface area contributed by atoms with Gasteiger partial charge < -0.3 is 15.8 Å². The number of nitrogens with zero attached hydrogens (tertiary/aromatic N) is 1. The lowest BCUT2D eigenvalue weighted by Gasteiger charge is -2.10. The van der Waals surface area contributed by atoms with Crippen LogP contribution in [0.15, 0.2) is 24.4 Å². The van der Waals surface area contributed by atoms with Gasteiger partial charge in [-0.1, -0.05) is 0 Å². The van der Waals surface area contributed by atoms with Crippen molar-refractivity contribution in [3.8, 4) is 5.75 Å². The molecule has 1 aromatic carbocycles. The molecule has 0 radical (unpaired) electrons. The van der Waals surface area contributed by atoms with Gasteiger partial charge in [-0.2, -0.15) is 5.10 Å². The number of anilines is 2. The van der Waals surface area contributed by atoms with Gasteiger partial charge in [0.2, 0.25) is 0 Å². The number of nitrogen functional groups attached to an aromatic ring is 1. The van der Waals surface area contributed by atoms with Crippen molar-refractivity contribution in [2.45, 2.75) is 19.8 Å². The molecule has 19 heavy (non-hydrogen) atoms. The molecule has 0 fully saturated rings. The molecule has 0 atom stereocenters. The van der Waals surface area contributed by atoms with Crippen LogP contribution >= 0.6 is 0 Å².